The summed E-state index contributed by atoms with van der Waals surface area (Å²) in [5, 5.41) is 5.43. The summed E-state index contributed by atoms with van der Waals surface area (Å²) in [7, 11) is 1.94. The summed E-state index contributed by atoms with van der Waals surface area (Å²) in [6, 6.07) is 10.8. The van der Waals surface area contributed by atoms with Gasteiger partial charge in [0.15, 0.2) is 5.65 Å². The molecule has 1 aromatic carbocycles. The second-order valence-corrected chi connectivity index (χ2v) is 7.37. The lowest BCUT2D eigenvalue weighted by Gasteiger charge is -2.23. The SMILES string of the molecule is Cc1nc(N2CCCN(CCCc3ccccc3)CC2)c2cnn(C)c2n1. The highest BCUT2D eigenvalue weighted by atomic mass is 15.3. The number of hydrogen-bond donors (Lipinski definition) is 0. The molecule has 6 heteroatoms. The van der Waals surface area contributed by atoms with Gasteiger partial charge in [-0.1, -0.05) is 30.3 Å². The van der Waals surface area contributed by atoms with Crippen LogP contribution in [-0.4, -0.2) is 57.4 Å². The smallest absolute Gasteiger partial charge is 0.163 e. The monoisotopic (exact) mass is 364 g/mol. The number of benzene rings is 1. The highest BCUT2D eigenvalue weighted by Gasteiger charge is 2.20. The van der Waals surface area contributed by atoms with Gasteiger partial charge in [-0.25, -0.2) is 9.97 Å². The zero-order chi connectivity index (χ0) is 18.6. The van der Waals surface area contributed by atoms with Gasteiger partial charge in [-0.15, -0.1) is 0 Å². The third kappa shape index (κ3) is 4.11. The molecule has 27 heavy (non-hydrogen) atoms. The molecule has 0 radical (unpaired) electrons. The Hall–Kier alpha value is -2.47. The van der Waals surface area contributed by atoms with Crippen LogP contribution in [-0.2, 0) is 13.5 Å². The Morgan fingerprint density at radius 1 is 1.00 bits per heavy atom. The number of anilines is 1. The van der Waals surface area contributed by atoms with E-state index in [-0.39, 0.29) is 0 Å². The normalized spacial score (nSPS) is 16.0. The Morgan fingerprint density at radius 2 is 1.85 bits per heavy atom. The summed E-state index contributed by atoms with van der Waals surface area (Å²) in [5.41, 5.74) is 2.35. The number of fused-ring (bicyclic) bond motifs is 1. The van der Waals surface area contributed by atoms with E-state index in [1.54, 1.807) is 0 Å². The van der Waals surface area contributed by atoms with Crippen molar-refractivity contribution in [3.05, 3.63) is 47.9 Å². The van der Waals surface area contributed by atoms with E-state index < -0.39 is 0 Å². The predicted octanol–water partition coefficient (Wildman–Crippen LogP) is 2.82. The summed E-state index contributed by atoms with van der Waals surface area (Å²) in [6.45, 7) is 7.41. The second-order valence-electron chi connectivity index (χ2n) is 7.37. The predicted molar refractivity (Wildman–Crippen MR) is 109 cm³/mol. The van der Waals surface area contributed by atoms with E-state index in [2.05, 4.69) is 50.2 Å². The molecule has 2 aromatic heterocycles. The molecule has 0 bridgehead atoms. The molecule has 1 saturated heterocycles. The molecule has 4 rings (SSSR count). The first-order valence-corrected chi connectivity index (χ1v) is 9.88. The molecular formula is C21H28N6. The van der Waals surface area contributed by atoms with Crippen molar-refractivity contribution in [2.45, 2.75) is 26.2 Å². The number of nitrogens with zero attached hydrogens (tertiary/aromatic N) is 6. The second kappa shape index (κ2) is 8.05. The van der Waals surface area contributed by atoms with Crippen molar-refractivity contribution in [1.82, 2.24) is 24.6 Å². The Morgan fingerprint density at radius 3 is 2.70 bits per heavy atom. The minimum atomic E-state index is 0.810. The largest absolute Gasteiger partial charge is 0.355 e. The van der Waals surface area contributed by atoms with Gasteiger partial charge in [-0.3, -0.25) is 4.68 Å². The molecule has 3 heterocycles. The zero-order valence-corrected chi connectivity index (χ0v) is 16.3. The molecule has 0 amide bonds. The Kier molecular flexibility index (Phi) is 5.34. The fourth-order valence-corrected chi connectivity index (χ4v) is 3.91. The number of aromatic nitrogens is 4. The van der Waals surface area contributed by atoms with E-state index in [0.29, 0.717) is 0 Å². The van der Waals surface area contributed by atoms with Crippen LogP contribution in [0.3, 0.4) is 0 Å². The third-order valence-electron chi connectivity index (χ3n) is 5.35. The Balaban J connectivity index is 1.39. The van der Waals surface area contributed by atoms with Crippen molar-refractivity contribution >= 4 is 16.9 Å². The quantitative estimate of drug-likeness (QED) is 0.697. The molecule has 0 spiro atoms. The molecule has 0 unspecified atom stereocenters. The standard InChI is InChI=1S/C21H28N6/c1-17-23-20-19(16-22-25(20)2)21(24-17)27-13-7-12-26(14-15-27)11-6-10-18-8-4-3-5-9-18/h3-5,8-9,16H,6-7,10-15H2,1-2H3. The Bertz CT molecular complexity index is 888. The zero-order valence-electron chi connectivity index (χ0n) is 16.3. The van der Waals surface area contributed by atoms with Gasteiger partial charge in [-0.05, 0) is 44.8 Å². The number of hydrogen-bond acceptors (Lipinski definition) is 5. The van der Waals surface area contributed by atoms with Crippen molar-refractivity contribution < 1.29 is 0 Å². The van der Waals surface area contributed by atoms with Crippen molar-refractivity contribution in [3.63, 3.8) is 0 Å². The molecule has 142 valence electrons. The van der Waals surface area contributed by atoms with Crippen LogP contribution in [0, 0.1) is 6.92 Å². The van der Waals surface area contributed by atoms with Crippen LogP contribution in [0.15, 0.2) is 36.5 Å². The van der Waals surface area contributed by atoms with Crippen LogP contribution in [0.4, 0.5) is 5.82 Å². The lowest BCUT2D eigenvalue weighted by atomic mass is 10.1. The van der Waals surface area contributed by atoms with Gasteiger partial charge in [0.05, 0.1) is 11.6 Å². The number of rotatable bonds is 5. The molecule has 0 saturated carbocycles. The summed E-state index contributed by atoms with van der Waals surface area (Å²) in [6.07, 6.45) is 5.43. The topological polar surface area (TPSA) is 50.1 Å². The highest BCUT2D eigenvalue weighted by Crippen LogP contribution is 2.24. The molecule has 0 N–H and O–H groups in total. The minimum Gasteiger partial charge on any atom is -0.355 e. The number of aryl methyl sites for hydroxylation is 3. The maximum Gasteiger partial charge on any atom is 0.163 e. The van der Waals surface area contributed by atoms with E-state index in [4.69, 9.17) is 4.98 Å². The first-order valence-electron chi connectivity index (χ1n) is 9.88. The van der Waals surface area contributed by atoms with Crippen molar-refractivity contribution in [3.8, 4) is 0 Å². The van der Waals surface area contributed by atoms with Gasteiger partial charge < -0.3 is 9.80 Å². The fourth-order valence-electron chi connectivity index (χ4n) is 3.91. The lowest BCUT2D eigenvalue weighted by molar-refractivity contribution is 0.290. The van der Waals surface area contributed by atoms with Crippen molar-refractivity contribution in [2.24, 2.45) is 7.05 Å². The van der Waals surface area contributed by atoms with E-state index in [1.165, 1.54) is 12.0 Å². The van der Waals surface area contributed by atoms with Gasteiger partial charge >= 0.3 is 0 Å². The average molecular weight is 364 g/mol. The maximum atomic E-state index is 4.75. The molecule has 6 nitrogen and oxygen atoms in total. The van der Waals surface area contributed by atoms with Gasteiger partial charge in [-0.2, -0.15) is 5.10 Å². The van der Waals surface area contributed by atoms with Crippen molar-refractivity contribution in [1.29, 1.82) is 0 Å². The minimum absolute atomic E-state index is 0.810. The van der Waals surface area contributed by atoms with Crippen molar-refractivity contribution in [2.75, 3.05) is 37.6 Å². The molecule has 1 aliphatic heterocycles. The molecule has 1 aliphatic rings. The van der Waals surface area contributed by atoms with Gasteiger partial charge in [0, 0.05) is 26.7 Å². The van der Waals surface area contributed by atoms with Crippen LogP contribution in [0.25, 0.3) is 11.0 Å². The molecule has 0 aliphatic carbocycles. The van der Waals surface area contributed by atoms with E-state index in [0.717, 1.165) is 68.2 Å². The lowest BCUT2D eigenvalue weighted by Crippen LogP contribution is -2.32. The summed E-state index contributed by atoms with van der Waals surface area (Å²) >= 11 is 0. The molecule has 3 aromatic rings. The summed E-state index contributed by atoms with van der Waals surface area (Å²) < 4.78 is 1.83. The van der Waals surface area contributed by atoms with Crippen LogP contribution < -0.4 is 4.90 Å². The summed E-state index contributed by atoms with van der Waals surface area (Å²) in [5.74, 6) is 1.85. The first-order chi connectivity index (χ1) is 13.2. The van der Waals surface area contributed by atoms with E-state index in [9.17, 15) is 0 Å². The highest BCUT2D eigenvalue weighted by molar-refractivity contribution is 5.86. The maximum absolute atomic E-state index is 4.75. The fraction of sp³-hybridized carbons (Fsp3) is 0.476. The van der Waals surface area contributed by atoms with Crippen LogP contribution >= 0.6 is 0 Å². The molecule has 0 atom stereocenters. The molecular weight excluding hydrogens is 336 g/mol. The van der Waals surface area contributed by atoms with Gasteiger partial charge in [0.2, 0.25) is 0 Å². The van der Waals surface area contributed by atoms with E-state index in [1.807, 2.05) is 24.9 Å². The van der Waals surface area contributed by atoms with Crippen LogP contribution in [0.5, 0.6) is 0 Å². The van der Waals surface area contributed by atoms with E-state index >= 15 is 0 Å². The third-order valence-corrected chi connectivity index (χ3v) is 5.35. The Labute approximate surface area is 160 Å². The van der Waals surface area contributed by atoms with Crippen LogP contribution in [0.1, 0.15) is 24.2 Å². The van der Waals surface area contributed by atoms with Crippen LogP contribution in [0.2, 0.25) is 0 Å². The molecule has 1 fully saturated rings. The van der Waals surface area contributed by atoms with Gasteiger partial charge in [0.1, 0.15) is 11.6 Å². The average Bonchev–Trinajstić information content (AvgIpc) is 2.90. The first kappa shape index (κ1) is 17.9. The summed E-state index contributed by atoms with van der Waals surface area (Å²) in [4.78, 5) is 14.3. The van der Waals surface area contributed by atoms with Gasteiger partial charge in [0.25, 0.3) is 0 Å².